The van der Waals surface area contributed by atoms with Crippen molar-refractivity contribution < 1.29 is 12.8 Å². The van der Waals surface area contributed by atoms with E-state index < -0.39 is 10.0 Å². The topological polar surface area (TPSA) is 58.4 Å². The van der Waals surface area contributed by atoms with Gasteiger partial charge < -0.3 is 4.90 Å². The third-order valence-electron chi connectivity index (χ3n) is 6.87. The van der Waals surface area contributed by atoms with Gasteiger partial charge in [0, 0.05) is 25.0 Å². The second-order valence-electron chi connectivity index (χ2n) is 9.71. The minimum absolute atomic E-state index is 0.282. The van der Waals surface area contributed by atoms with E-state index in [2.05, 4.69) is 16.1 Å². The molecule has 0 radical (unpaired) electrons. The Bertz CT molecular complexity index is 1340. The van der Waals surface area contributed by atoms with E-state index in [9.17, 15) is 12.8 Å². The first-order valence-electron chi connectivity index (χ1n) is 11.4. The Morgan fingerprint density at radius 3 is 2.47 bits per heavy atom. The van der Waals surface area contributed by atoms with Gasteiger partial charge in [0.15, 0.2) is 0 Å². The summed E-state index contributed by atoms with van der Waals surface area (Å²) in [5.74, 6) is -0.282. The lowest BCUT2D eigenvalue weighted by Gasteiger charge is -2.47. The molecule has 1 aliphatic carbocycles. The fourth-order valence-electron chi connectivity index (χ4n) is 5.30. The fraction of sp³-hybridized carbons (Fsp3) is 0.346. The number of aryl methyl sites for hydroxylation is 1. The van der Waals surface area contributed by atoms with Gasteiger partial charge in [-0.05, 0) is 81.9 Å². The maximum Gasteiger partial charge on any atom is 0.243 e. The quantitative estimate of drug-likeness (QED) is 0.556. The van der Waals surface area contributed by atoms with Crippen LogP contribution in [-0.2, 0) is 16.4 Å². The summed E-state index contributed by atoms with van der Waals surface area (Å²) in [4.78, 5) is 2.47. The number of nitrogens with zero attached hydrogens (tertiary/aromatic N) is 4. The van der Waals surface area contributed by atoms with Gasteiger partial charge in [-0.2, -0.15) is 9.40 Å². The summed E-state index contributed by atoms with van der Waals surface area (Å²) in [5, 5.41) is 4.59. The molecule has 0 bridgehead atoms. The second kappa shape index (κ2) is 8.45. The van der Waals surface area contributed by atoms with Crippen LogP contribution < -0.4 is 0 Å². The summed E-state index contributed by atoms with van der Waals surface area (Å²) in [6.45, 7) is 3.55. The third-order valence-corrected chi connectivity index (χ3v) is 8.73. The van der Waals surface area contributed by atoms with Crippen LogP contribution in [0.4, 0.5) is 4.39 Å². The van der Waals surface area contributed by atoms with Crippen molar-refractivity contribution in [3.8, 4) is 5.69 Å². The smallest absolute Gasteiger partial charge is 0.243 e. The van der Waals surface area contributed by atoms with Crippen LogP contribution in [0.5, 0.6) is 0 Å². The predicted octanol–water partition coefficient (Wildman–Crippen LogP) is 3.90. The molecule has 0 spiro atoms. The summed E-state index contributed by atoms with van der Waals surface area (Å²) < 4.78 is 43.9. The molecule has 34 heavy (non-hydrogen) atoms. The SMILES string of the molecule is Cc1ccc(S(=O)(=O)N2CCC3=Cc4c(cnn4-c4ccc(F)cc4)C[C@]3(CN(C)C)C2)cc1. The summed E-state index contributed by atoms with van der Waals surface area (Å²) in [6.07, 6.45) is 5.39. The number of aromatic nitrogens is 2. The molecule has 5 rings (SSSR count). The molecule has 3 aromatic rings. The lowest BCUT2D eigenvalue weighted by Crippen LogP contribution is -2.53. The van der Waals surface area contributed by atoms with Gasteiger partial charge >= 0.3 is 0 Å². The second-order valence-corrected chi connectivity index (χ2v) is 11.6. The van der Waals surface area contributed by atoms with Crippen molar-refractivity contribution in [2.75, 3.05) is 33.7 Å². The number of halogens is 1. The Hall–Kier alpha value is -2.81. The number of piperidine rings is 1. The number of hydrogen-bond acceptors (Lipinski definition) is 4. The van der Waals surface area contributed by atoms with Crippen LogP contribution in [0.1, 0.15) is 23.2 Å². The molecule has 2 heterocycles. The predicted molar refractivity (Wildman–Crippen MR) is 131 cm³/mol. The fourth-order valence-corrected chi connectivity index (χ4v) is 6.83. The first-order valence-corrected chi connectivity index (χ1v) is 12.9. The van der Waals surface area contributed by atoms with Gasteiger partial charge in [0.25, 0.3) is 0 Å². The first kappa shape index (κ1) is 23.0. The van der Waals surface area contributed by atoms with Crippen molar-refractivity contribution in [1.82, 2.24) is 19.0 Å². The number of hydrogen-bond donors (Lipinski definition) is 0. The molecule has 1 fully saturated rings. The molecule has 0 N–H and O–H groups in total. The summed E-state index contributed by atoms with van der Waals surface area (Å²) in [6, 6.07) is 13.4. The van der Waals surface area contributed by atoms with Gasteiger partial charge in [0.2, 0.25) is 10.0 Å². The van der Waals surface area contributed by atoms with Gasteiger partial charge in [0.05, 0.1) is 22.5 Å². The van der Waals surface area contributed by atoms with Gasteiger partial charge in [-0.3, -0.25) is 0 Å². The number of fused-ring (bicyclic) bond motifs is 2. The van der Waals surface area contributed by atoms with Crippen LogP contribution in [-0.4, -0.2) is 61.1 Å². The maximum atomic E-state index is 13.5. The molecule has 2 aromatic carbocycles. The molecule has 0 amide bonds. The Morgan fingerprint density at radius 2 is 1.79 bits per heavy atom. The Balaban J connectivity index is 1.52. The summed E-state index contributed by atoms with van der Waals surface area (Å²) in [7, 11) is 0.459. The summed E-state index contributed by atoms with van der Waals surface area (Å²) >= 11 is 0. The van der Waals surface area contributed by atoms with Crippen molar-refractivity contribution in [1.29, 1.82) is 0 Å². The van der Waals surface area contributed by atoms with Gasteiger partial charge in [-0.25, -0.2) is 17.5 Å². The molecule has 1 saturated heterocycles. The number of benzene rings is 2. The highest BCUT2D eigenvalue weighted by molar-refractivity contribution is 7.89. The van der Waals surface area contributed by atoms with E-state index in [-0.39, 0.29) is 11.2 Å². The highest BCUT2D eigenvalue weighted by Crippen LogP contribution is 2.45. The Morgan fingerprint density at radius 1 is 1.09 bits per heavy atom. The molecule has 1 aliphatic heterocycles. The molecule has 1 aromatic heterocycles. The van der Waals surface area contributed by atoms with Crippen LogP contribution in [0.2, 0.25) is 0 Å². The van der Waals surface area contributed by atoms with Crippen molar-refractivity contribution in [3.63, 3.8) is 0 Å². The Kier molecular flexibility index (Phi) is 5.70. The zero-order valence-electron chi connectivity index (χ0n) is 19.7. The van der Waals surface area contributed by atoms with E-state index in [1.807, 2.05) is 44.0 Å². The van der Waals surface area contributed by atoms with Crippen molar-refractivity contribution in [3.05, 3.63) is 82.9 Å². The monoisotopic (exact) mass is 480 g/mol. The van der Waals surface area contributed by atoms with Crippen LogP contribution in [0.3, 0.4) is 0 Å². The summed E-state index contributed by atoms with van der Waals surface area (Å²) in [5.41, 5.74) is 4.82. The van der Waals surface area contributed by atoms with Gasteiger partial charge in [-0.15, -0.1) is 0 Å². The first-order chi connectivity index (χ1) is 16.2. The maximum absolute atomic E-state index is 13.5. The van der Waals surface area contributed by atoms with E-state index in [4.69, 9.17) is 0 Å². The molecule has 0 unspecified atom stereocenters. The lowest BCUT2D eigenvalue weighted by atomic mass is 9.68. The molecule has 178 valence electrons. The van der Waals surface area contributed by atoms with Crippen molar-refractivity contribution in [2.24, 2.45) is 5.41 Å². The van der Waals surface area contributed by atoms with Gasteiger partial charge in [-0.1, -0.05) is 23.3 Å². The average Bonchev–Trinajstić information content (AvgIpc) is 3.19. The van der Waals surface area contributed by atoms with Crippen molar-refractivity contribution >= 4 is 16.1 Å². The third kappa shape index (κ3) is 4.00. The van der Waals surface area contributed by atoms with Gasteiger partial charge in [0.1, 0.15) is 5.82 Å². The normalized spacial score (nSPS) is 20.7. The van der Waals surface area contributed by atoms with Crippen LogP contribution in [0.15, 0.2) is 65.2 Å². The minimum atomic E-state index is -3.59. The highest BCUT2D eigenvalue weighted by atomic mass is 32.2. The zero-order chi connectivity index (χ0) is 24.1. The molecule has 0 saturated carbocycles. The molecular weight excluding hydrogens is 451 g/mol. The van der Waals surface area contributed by atoms with E-state index in [0.717, 1.165) is 29.1 Å². The molecule has 1 atom stereocenters. The minimum Gasteiger partial charge on any atom is -0.308 e. The van der Waals surface area contributed by atoms with E-state index in [1.54, 1.807) is 28.6 Å². The molecule has 2 aliphatic rings. The van der Waals surface area contributed by atoms with Crippen LogP contribution >= 0.6 is 0 Å². The zero-order valence-corrected chi connectivity index (χ0v) is 20.5. The largest absolute Gasteiger partial charge is 0.308 e. The Labute approximate surface area is 200 Å². The van der Waals surface area contributed by atoms with E-state index in [0.29, 0.717) is 30.8 Å². The van der Waals surface area contributed by atoms with Crippen molar-refractivity contribution in [2.45, 2.75) is 24.7 Å². The molecule has 6 nitrogen and oxygen atoms in total. The van der Waals surface area contributed by atoms with Crippen LogP contribution in [0, 0.1) is 18.2 Å². The number of rotatable bonds is 5. The van der Waals surface area contributed by atoms with E-state index >= 15 is 0 Å². The number of sulfonamides is 1. The molecule has 8 heteroatoms. The van der Waals surface area contributed by atoms with E-state index in [1.165, 1.54) is 17.7 Å². The highest BCUT2D eigenvalue weighted by Gasteiger charge is 2.46. The average molecular weight is 481 g/mol. The molecular formula is C26H29FN4O2S. The van der Waals surface area contributed by atoms with Crippen LogP contribution in [0.25, 0.3) is 11.8 Å². The standard InChI is InChI=1S/C26H29FN4O2S/c1-19-4-10-24(11-5-19)34(32,33)30-13-12-21-14-25-20(15-26(21,18-30)17-29(2)3)16-28-31(25)23-8-6-22(27)7-9-23/h4-11,14,16H,12-13,15,17-18H2,1-3H3/t26-/m0/s1. The lowest BCUT2D eigenvalue weighted by molar-refractivity contribution is 0.161.